The van der Waals surface area contributed by atoms with Crippen LogP contribution in [-0.2, 0) is 16.0 Å². The molecule has 8 heteroatoms. The van der Waals surface area contributed by atoms with Gasteiger partial charge in [-0.2, -0.15) is 4.98 Å². The van der Waals surface area contributed by atoms with E-state index in [1.165, 1.54) is 0 Å². The SMILES string of the molecule is Cc1nc(N2C[C@@H]3[C@H](CNC(=O)CCc4cccnc4)[C@H]4CC[C@]3(C2)O4)no1. The molecule has 0 aromatic carbocycles. The second kappa shape index (κ2) is 6.84. The molecule has 148 valence electrons. The molecule has 2 aromatic heterocycles. The van der Waals surface area contributed by atoms with Crippen molar-refractivity contribution in [2.45, 2.75) is 44.3 Å². The van der Waals surface area contributed by atoms with Crippen LogP contribution in [0.1, 0.15) is 30.7 Å². The summed E-state index contributed by atoms with van der Waals surface area (Å²) in [5.74, 6) is 2.04. The summed E-state index contributed by atoms with van der Waals surface area (Å²) in [4.78, 5) is 23.0. The van der Waals surface area contributed by atoms with Crippen molar-refractivity contribution in [3.8, 4) is 0 Å². The van der Waals surface area contributed by atoms with Crippen LogP contribution >= 0.6 is 0 Å². The van der Waals surface area contributed by atoms with E-state index in [0.717, 1.165) is 31.5 Å². The minimum absolute atomic E-state index is 0.0873. The monoisotopic (exact) mass is 383 g/mol. The molecule has 5 rings (SSSR count). The average Bonchev–Trinajstić information content (AvgIpc) is 3.45. The Kier molecular flexibility index (Phi) is 4.30. The number of rotatable bonds is 6. The van der Waals surface area contributed by atoms with Crippen LogP contribution in [0.4, 0.5) is 5.95 Å². The molecule has 3 fully saturated rings. The Bertz CT molecular complexity index is 857. The average molecular weight is 383 g/mol. The van der Waals surface area contributed by atoms with Crippen LogP contribution < -0.4 is 10.2 Å². The molecular weight excluding hydrogens is 358 g/mol. The zero-order valence-corrected chi connectivity index (χ0v) is 16.0. The third-order valence-corrected chi connectivity index (χ3v) is 6.48. The van der Waals surface area contributed by atoms with Crippen molar-refractivity contribution in [2.75, 3.05) is 24.5 Å². The summed E-state index contributed by atoms with van der Waals surface area (Å²) in [7, 11) is 0. The summed E-state index contributed by atoms with van der Waals surface area (Å²) in [6.07, 6.45) is 7.13. The maximum atomic E-state index is 12.3. The lowest BCUT2D eigenvalue weighted by atomic mass is 9.73. The maximum absolute atomic E-state index is 12.3. The number of fused-ring (bicyclic) bond motifs is 1. The zero-order valence-electron chi connectivity index (χ0n) is 16.0. The highest BCUT2D eigenvalue weighted by molar-refractivity contribution is 5.76. The number of hydrogen-bond acceptors (Lipinski definition) is 7. The fourth-order valence-electron chi connectivity index (χ4n) is 5.16. The van der Waals surface area contributed by atoms with Gasteiger partial charge in [0.05, 0.1) is 18.2 Å². The van der Waals surface area contributed by atoms with Gasteiger partial charge < -0.3 is 19.5 Å². The lowest BCUT2D eigenvalue weighted by Gasteiger charge is -2.29. The molecule has 2 aromatic rings. The van der Waals surface area contributed by atoms with Gasteiger partial charge in [0, 0.05) is 50.7 Å². The molecule has 1 amide bonds. The summed E-state index contributed by atoms with van der Waals surface area (Å²) in [5, 5.41) is 7.21. The van der Waals surface area contributed by atoms with E-state index in [-0.39, 0.29) is 17.6 Å². The number of carbonyl (C=O) groups excluding carboxylic acids is 1. The third kappa shape index (κ3) is 3.05. The Morgan fingerprint density at radius 2 is 2.39 bits per heavy atom. The van der Waals surface area contributed by atoms with Crippen LogP contribution in [0.2, 0.25) is 0 Å². The number of anilines is 1. The van der Waals surface area contributed by atoms with E-state index >= 15 is 0 Å². The quantitative estimate of drug-likeness (QED) is 0.808. The van der Waals surface area contributed by atoms with E-state index in [2.05, 4.69) is 25.3 Å². The third-order valence-electron chi connectivity index (χ3n) is 6.48. The molecule has 0 unspecified atom stereocenters. The smallest absolute Gasteiger partial charge is 0.266 e. The van der Waals surface area contributed by atoms with Crippen LogP contribution in [-0.4, -0.2) is 52.4 Å². The molecule has 3 saturated heterocycles. The van der Waals surface area contributed by atoms with Gasteiger partial charge in [-0.25, -0.2) is 0 Å². The van der Waals surface area contributed by atoms with E-state index in [1.54, 1.807) is 13.1 Å². The van der Waals surface area contributed by atoms with Crippen LogP contribution in [0.5, 0.6) is 0 Å². The van der Waals surface area contributed by atoms with E-state index in [4.69, 9.17) is 9.26 Å². The second-order valence-corrected chi connectivity index (χ2v) is 8.19. The first-order valence-corrected chi connectivity index (χ1v) is 10.0. The highest BCUT2D eigenvalue weighted by Crippen LogP contribution is 2.54. The Morgan fingerprint density at radius 3 is 3.18 bits per heavy atom. The largest absolute Gasteiger partial charge is 0.369 e. The van der Waals surface area contributed by atoms with E-state index in [9.17, 15) is 4.79 Å². The number of pyridine rings is 1. The number of amides is 1. The number of hydrogen-bond donors (Lipinski definition) is 1. The Hall–Kier alpha value is -2.48. The number of ether oxygens (including phenoxy) is 1. The lowest BCUT2D eigenvalue weighted by molar-refractivity contribution is -0.121. The van der Waals surface area contributed by atoms with Crippen molar-refractivity contribution in [1.82, 2.24) is 20.4 Å². The van der Waals surface area contributed by atoms with E-state index in [0.29, 0.717) is 43.1 Å². The van der Waals surface area contributed by atoms with Gasteiger partial charge in [0.15, 0.2) is 0 Å². The van der Waals surface area contributed by atoms with Gasteiger partial charge in [0.25, 0.3) is 5.95 Å². The molecule has 0 radical (unpaired) electrons. The molecule has 1 spiro atoms. The molecule has 28 heavy (non-hydrogen) atoms. The van der Waals surface area contributed by atoms with E-state index in [1.807, 2.05) is 18.3 Å². The molecular formula is C20H25N5O3. The van der Waals surface area contributed by atoms with Gasteiger partial charge in [0.2, 0.25) is 11.8 Å². The fourth-order valence-corrected chi connectivity index (χ4v) is 5.16. The predicted octanol–water partition coefficient (Wildman–Crippen LogP) is 1.51. The van der Waals surface area contributed by atoms with Crippen molar-refractivity contribution in [1.29, 1.82) is 0 Å². The van der Waals surface area contributed by atoms with Crippen LogP contribution in [0.15, 0.2) is 29.0 Å². The maximum Gasteiger partial charge on any atom is 0.266 e. The molecule has 3 aliphatic rings. The predicted molar refractivity (Wildman–Crippen MR) is 101 cm³/mol. The first-order chi connectivity index (χ1) is 13.6. The van der Waals surface area contributed by atoms with Gasteiger partial charge in [-0.05, 0) is 36.0 Å². The number of aryl methyl sites for hydroxylation is 2. The van der Waals surface area contributed by atoms with Gasteiger partial charge in [-0.3, -0.25) is 9.78 Å². The van der Waals surface area contributed by atoms with Crippen molar-refractivity contribution >= 4 is 11.9 Å². The van der Waals surface area contributed by atoms with Crippen molar-refractivity contribution < 1.29 is 14.1 Å². The molecule has 0 saturated carbocycles. The summed E-state index contributed by atoms with van der Waals surface area (Å²) in [5.41, 5.74) is 0.964. The van der Waals surface area contributed by atoms with Crippen molar-refractivity contribution in [2.24, 2.45) is 11.8 Å². The number of nitrogens with one attached hydrogen (secondary N) is 1. The fraction of sp³-hybridized carbons (Fsp3) is 0.600. The molecule has 2 bridgehead atoms. The van der Waals surface area contributed by atoms with Crippen LogP contribution in [0.25, 0.3) is 0 Å². The zero-order chi connectivity index (χ0) is 19.1. The summed E-state index contributed by atoms with van der Waals surface area (Å²) >= 11 is 0. The summed E-state index contributed by atoms with van der Waals surface area (Å²) < 4.78 is 11.6. The number of aromatic nitrogens is 3. The summed E-state index contributed by atoms with van der Waals surface area (Å²) in [6, 6.07) is 3.90. The normalized spacial score (nSPS) is 30.6. The van der Waals surface area contributed by atoms with Crippen LogP contribution in [0.3, 0.4) is 0 Å². The molecule has 4 atom stereocenters. The molecule has 3 aliphatic heterocycles. The van der Waals surface area contributed by atoms with Crippen molar-refractivity contribution in [3.05, 3.63) is 36.0 Å². The lowest BCUT2D eigenvalue weighted by Crippen LogP contribution is -2.41. The second-order valence-electron chi connectivity index (χ2n) is 8.19. The number of carbonyl (C=O) groups is 1. The Morgan fingerprint density at radius 1 is 1.46 bits per heavy atom. The molecule has 5 heterocycles. The molecule has 1 N–H and O–H groups in total. The Balaban J connectivity index is 1.19. The first-order valence-electron chi connectivity index (χ1n) is 10.0. The van der Waals surface area contributed by atoms with Gasteiger partial charge in [-0.1, -0.05) is 6.07 Å². The Labute approximate surface area is 163 Å². The molecule has 0 aliphatic carbocycles. The van der Waals surface area contributed by atoms with Gasteiger partial charge in [-0.15, -0.1) is 0 Å². The standard InChI is InChI=1S/C20H25N5O3/c1-13-23-19(24-28-13)25-11-16-15(17-6-7-20(16,12-25)27-17)10-22-18(26)5-4-14-3-2-8-21-9-14/h2-3,8-9,15-17H,4-7,10-12H2,1H3,(H,22,26)/t15-,16+,17+,20+/m0/s1. The molecule has 8 nitrogen and oxygen atoms in total. The van der Waals surface area contributed by atoms with Gasteiger partial charge in [0.1, 0.15) is 0 Å². The van der Waals surface area contributed by atoms with Gasteiger partial charge >= 0.3 is 0 Å². The summed E-state index contributed by atoms with van der Waals surface area (Å²) in [6.45, 7) is 4.13. The topological polar surface area (TPSA) is 93.4 Å². The minimum Gasteiger partial charge on any atom is -0.369 e. The highest BCUT2D eigenvalue weighted by atomic mass is 16.5. The minimum atomic E-state index is -0.121. The van der Waals surface area contributed by atoms with E-state index < -0.39 is 0 Å². The number of nitrogens with zero attached hydrogens (tertiary/aromatic N) is 4. The van der Waals surface area contributed by atoms with Crippen molar-refractivity contribution in [3.63, 3.8) is 0 Å². The highest BCUT2D eigenvalue weighted by Gasteiger charge is 2.63. The van der Waals surface area contributed by atoms with Crippen LogP contribution in [0, 0.1) is 18.8 Å². The first kappa shape index (κ1) is 17.6.